The molecule has 0 spiro atoms. The number of amides is 2. The Labute approximate surface area is 148 Å². The highest BCUT2D eigenvalue weighted by atomic mass is 16.5. The van der Waals surface area contributed by atoms with Crippen LogP contribution in [0.25, 0.3) is 0 Å². The molecule has 1 atom stereocenters. The fraction of sp³-hybridized carbons (Fsp3) is 0.444. The van der Waals surface area contributed by atoms with E-state index in [1.54, 1.807) is 4.68 Å². The monoisotopic (exact) mass is 343 g/mol. The summed E-state index contributed by atoms with van der Waals surface area (Å²) in [5, 5.41) is 10.1. The standard InChI is InChI=1S/C18H25N5O2/c1-4-25-17-9-14(6-5-13(17)2)20-18(24)21-15-7-8-23(11-15)16-10-19-22(3)12-16/h5-6,9-10,12,15H,4,7-8,11H2,1-3H3,(H2,20,21,24). The van der Waals surface area contributed by atoms with E-state index in [-0.39, 0.29) is 12.1 Å². The Hall–Kier alpha value is -2.70. The number of nitrogens with one attached hydrogen (secondary N) is 2. The number of ether oxygens (including phenoxy) is 1. The van der Waals surface area contributed by atoms with Gasteiger partial charge in [0.25, 0.3) is 0 Å². The predicted octanol–water partition coefficient (Wildman–Crippen LogP) is 2.53. The third-order valence-corrected chi connectivity index (χ3v) is 4.33. The number of hydrogen-bond acceptors (Lipinski definition) is 4. The van der Waals surface area contributed by atoms with Crippen LogP contribution in [0.2, 0.25) is 0 Å². The van der Waals surface area contributed by atoms with Gasteiger partial charge in [-0.3, -0.25) is 4.68 Å². The van der Waals surface area contributed by atoms with Gasteiger partial charge in [0.05, 0.1) is 18.5 Å². The van der Waals surface area contributed by atoms with Crippen LogP contribution >= 0.6 is 0 Å². The molecule has 7 heteroatoms. The van der Waals surface area contributed by atoms with Gasteiger partial charge in [-0.15, -0.1) is 0 Å². The zero-order chi connectivity index (χ0) is 17.8. The molecule has 2 aromatic rings. The summed E-state index contributed by atoms with van der Waals surface area (Å²) in [6, 6.07) is 5.62. The van der Waals surface area contributed by atoms with Gasteiger partial charge in [-0.25, -0.2) is 4.79 Å². The zero-order valence-electron chi connectivity index (χ0n) is 15.0. The molecule has 1 unspecified atom stereocenters. The molecule has 1 fully saturated rings. The van der Waals surface area contributed by atoms with Gasteiger partial charge in [0.2, 0.25) is 0 Å². The van der Waals surface area contributed by atoms with Crippen molar-refractivity contribution in [3.63, 3.8) is 0 Å². The zero-order valence-corrected chi connectivity index (χ0v) is 15.0. The molecule has 1 aliphatic heterocycles. The normalized spacial score (nSPS) is 16.8. The van der Waals surface area contributed by atoms with Crippen molar-refractivity contribution in [3.05, 3.63) is 36.2 Å². The van der Waals surface area contributed by atoms with Crippen molar-refractivity contribution in [1.82, 2.24) is 15.1 Å². The largest absolute Gasteiger partial charge is 0.494 e. The summed E-state index contributed by atoms with van der Waals surface area (Å²) >= 11 is 0. The Morgan fingerprint density at radius 1 is 1.44 bits per heavy atom. The molecule has 2 heterocycles. The summed E-state index contributed by atoms with van der Waals surface area (Å²) in [5.74, 6) is 0.795. The number of benzene rings is 1. The first-order chi connectivity index (χ1) is 12.0. The highest BCUT2D eigenvalue weighted by molar-refractivity contribution is 5.89. The molecule has 7 nitrogen and oxygen atoms in total. The van der Waals surface area contributed by atoms with Crippen molar-refractivity contribution in [2.75, 3.05) is 29.9 Å². The number of nitrogens with zero attached hydrogens (tertiary/aromatic N) is 3. The topological polar surface area (TPSA) is 71.4 Å². The summed E-state index contributed by atoms with van der Waals surface area (Å²) in [6.07, 6.45) is 4.76. The molecule has 134 valence electrons. The van der Waals surface area contributed by atoms with E-state index in [2.05, 4.69) is 20.6 Å². The van der Waals surface area contributed by atoms with Crippen LogP contribution in [0.5, 0.6) is 5.75 Å². The Morgan fingerprint density at radius 3 is 3.00 bits per heavy atom. The van der Waals surface area contributed by atoms with Crippen molar-refractivity contribution in [2.45, 2.75) is 26.3 Å². The summed E-state index contributed by atoms with van der Waals surface area (Å²) < 4.78 is 7.36. The number of aromatic nitrogens is 2. The summed E-state index contributed by atoms with van der Waals surface area (Å²) in [4.78, 5) is 14.5. The van der Waals surface area contributed by atoms with Crippen molar-refractivity contribution in [1.29, 1.82) is 0 Å². The van der Waals surface area contributed by atoms with Gasteiger partial charge in [0.15, 0.2) is 0 Å². The third kappa shape index (κ3) is 4.23. The van der Waals surface area contributed by atoms with Crippen molar-refractivity contribution in [3.8, 4) is 5.75 Å². The molecule has 0 bridgehead atoms. The van der Waals surface area contributed by atoms with Crippen LogP contribution in [-0.2, 0) is 7.05 Å². The van der Waals surface area contributed by atoms with Crippen LogP contribution in [0.3, 0.4) is 0 Å². The van der Waals surface area contributed by atoms with E-state index < -0.39 is 0 Å². The van der Waals surface area contributed by atoms with Crippen molar-refractivity contribution < 1.29 is 9.53 Å². The maximum absolute atomic E-state index is 12.3. The molecule has 0 aliphatic carbocycles. The number of urea groups is 1. The van der Waals surface area contributed by atoms with Crippen LogP contribution in [-0.4, -0.2) is 41.5 Å². The van der Waals surface area contributed by atoms with Crippen molar-refractivity contribution in [2.24, 2.45) is 7.05 Å². The van der Waals surface area contributed by atoms with Gasteiger partial charge in [-0.05, 0) is 31.9 Å². The molecule has 0 saturated carbocycles. The first-order valence-electron chi connectivity index (χ1n) is 8.59. The molecule has 25 heavy (non-hydrogen) atoms. The number of aryl methyl sites for hydroxylation is 2. The van der Waals surface area contributed by atoms with Crippen LogP contribution < -0.4 is 20.3 Å². The van der Waals surface area contributed by atoms with Gasteiger partial charge in [-0.2, -0.15) is 5.10 Å². The molecule has 2 N–H and O–H groups in total. The van der Waals surface area contributed by atoms with Crippen LogP contribution in [0.1, 0.15) is 18.9 Å². The quantitative estimate of drug-likeness (QED) is 0.875. The second kappa shape index (κ2) is 7.46. The minimum Gasteiger partial charge on any atom is -0.494 e. The van der Waals surface area contributed by atoms with Crippen LogP contribution in [0.4, 0.5) is 16.2 Å². The van der Waals surface area contributed by atoms with E-state index in [1.165, 1.54) is 0 Å². The lowest BCUT2D eigenvalue weighted by Crippen LogP contribution is -2.39. The molecule has 1 saturated heterocycles. The number of carbonyl (C=O) groups is 1. The highest BCUT2D eigenvalue weighted by Crippen LogP contribution is 2.23. The first-order valence-corrected chi connectivity index (χ1v) is 8.59. The fourth-order valence-electron chi connectivity index (χ4n) is 3.03. The number of hydrogen-bond donors (Lipinski definition) is 2. The van der Waals surface area contributed by atoms with E-state index >= 15 is 0 Å². The molecule has 1 aromatic carbocycles. The minimum atomic E-state index is -0.190. The fourth-order valence-corrected chi connectivity index (χ4v) is 3.03. The smallest absolute Gasteiger partial charge is 0.319 e. The van der Waals surface area contributed by atoms with Gasteiger partial charge >= 0.3 is 6.03 Å². The molecular formula is C18H25N5O2. The lowest BCUT2D eigenvalue weighted by Gasteiger charge is -2.17. The Balaban J connectivity index is 1.54. The Kier molecular flexibility index (Phi) is 5.11. The summed E-state index contributed by atoms with van der Waals surface area (Å²) in [7, 11) is 1.90. The first kappa shape index (κ1) is 17.1. The van der Waals surface area contributed by atoms with E-state index in [0.717, 1.165) is 42.2 Å². The lowest BCUT2D eigenvalue weighted by molar-refractivity contribution is 0.249. The molecule has 2 amide bonds. The number of rotatable bonds is 5. The number of carbonyl (C=O) groups excluding carboxylic acids is 1. The third-order valence-electron chi connectivity index (χ3n) is 4.33. The second-order valence-corrected chi connectivity index (χ2v) is 6.32. The average Bonchev–Trinajstić information content (AvgIpc) is 3.20. The maximum Gasteiger partial charge on any atom is 0.319 e. The van der Waals surface area contributed by atoms with E-state index in [4.69, 9.17) is 4.74 Å². The molecule has 0 radical (unpaired) electrons. The Morgan fingerprint density at radius 2 is 2.28 bits per heavy atom. The van der Waals surface area contributed by atoms with E-state index in [9.17, 15) is 4.79 Å². The summed E-state index contributed by atoms with van der Waals surface area (Å²) in [6.45, 7) is 6.23. The molecule has 1 aliphatic rings. The van der Waals surface area contributed by atoms with Crippen LogP contribution in [0.15, 0.2) is 30.6 Å². The predicted molar refractivity (Wildman–Crippen MR) is 98.3 cm³/mol. The SMILES string of the molecule is CCOc1cc(NC(=O)NC2CCN(c3cnn(C)c3)C2)ccc1C. The van der Waals surface area contributed by atoms with Gasteiger partial charge in [0, 0.05) is 44.1 Å². The highest BCUT2D eigenvalue weighted by Gasteiger charge is 2.24. The second-order valence-electron chi connectivity index (χ2n) is 6.32. The molecule has 1 aromatic heterocycles. The van der Waals surface area contributed by atoms with E-state index in [0.29, 0.717) is 6.61 Å². The maximum atomic E-state index is 12.3. The minimum absolute atomic E-state index is 0.122. The Bertz CT molecular complexity index is 743. The lowest BCUT2D eigenvalue weighted by atomic mass is 10.2. The number of anilines is 2. The van der Waals surface area contributed by atoms with Crippen LogP contribution in [0, 0.1) is 6.92 Å². The molecular weight excluding hydrogens is 318 g/mol. The van der Waals surface area contributed by atoms with Gasteiger partial charge in [-0.1, -0.05) is 6.07 Å². The van der Waals surface area contributed by atoms with Gasteiger partial charge in [0.1, 0.15) is 5.75 Å². The average molecular weight is 343 g/mol. The van der Waals surface area contributed by atoms with Gasteiger partial charge < -0.3 is 20.3 Å². The van der Waals surface area contributed by atoms with Crippen molar-refractivity contribution >= 4 is 17.4 Å². The summed E-state index contributed by atoms with van der Waals surface area (Å²) in [5.41, 5.74) is 2.87. The van der Waals surface area contributed by atoms with E-state index in [1.807, 2.05) is 51.5 Å². The molecule has 3 rings (SSSR count).